The van der Waals surface area contributed by atoms with E-state index >= 15 is 0 Å². The lowest BCUT2D eigenvalue weighted by atomic mass is 10.0. The van der Waals surface area contributed by atoms with Crippen molar-refractivity contribution in [3.63, 3.8) is 0 Å². The molecule has 0 heterocycles. The van der Waals surface area contributed by atoms with Crippen LogP contribution in [0.4, 0.5) is 0 Å². The monoisotopic (exact) mass is 344 g/mol. The third kappa shape index (κ3) is 4.80. The van der Waals surface area contributed by atoms with Crippen molar-refractivity contribution in [2.45, 2.75) is 52.0 Å². The smallest absolute Gasteiger partial charge is 0.373 e. The van der Waals surface area contributed by atoms with Gasteiger partial charge in [-0.2, -0.15) is 0 Å². The number of alkyl halides is 1. The number of hydrogen-bond acceptors (Lipinski definition) is 3. The molecule has 0 N–H and O–H groups in total. The molecule has 0 aliphatic carbocycles. The van der Waals surface area contributed by atoms with E-state index in [1.54, 1.807) is 0 Å². The number of halogens is 1. The Kier molecular flexibility index (Phi) is 8.65. The fraction of sp³-hybridized carbons (Fsp3) is 0.647. The molecule has 5 heteroatoms. The first-order valence-electron chi connectivity index (χ1n) is 8.20. The first-order chi connectivity index (χ1) is 10.5. The zero-order valence-corrected chi connectivity index (χ0v) is 16.2. The van der Waals surface area contributed by atoms with Crippen molar-refractivity contribution in [1.29, 1.82) is 0 Å². The van der Waals surface area contributed by atoms with Crippen molar-refractivity contribution in [1.82, 2.24) is 0 Å². The van der Waals surface area contributed by atoms with E-state index in [1.807, 2.05) is 20.8 Å². The molecule has 3 nitrogen and oxygen atoms in total. The van der Waals surface area contributed by atoms with E-state index in [4.69, 9.17) is 24.9 Å². The average Bonchev–Trinajstić information content (AvgIpc) is 2.54. The molecule has 0 bridgehead atoms. The van der Waals surface area contributed by atoms with Crippen LogP contribution in [0.2, 0.25) is 0 Å². The minimum absolute atomic E-state index is 0.0366. The third-order valence-corrected chi connectivity index (χ3v) is 7.73. The van der Waals surface area contributed by atoms with Crippen LogP contribution in [-0.2, 0) is 13.3 Å². The highest BCUT2D eigenvalue weighted by Crippen LogP contribution is 2.32. The van der Waals surface area contributed by atoms with Gasteiger partial charge < -0.3 is 13.3 Å². The van der Waals surface area contributed by atoms with E-state index in [0.717, 1.165) is 12.0 Å². The van der Waals surface area contributed by atoms with Gasteiger partial charge in [-0.05, 0) is 38.3 Å². The van der Waals surface area contributed by atoms with Crippen LogP contribution in [0.3, 0.4) is 0 Å². The van der Waals surface area contributed by atoms with Gasteiger partial charge in [0.2, 0.25) is 0 Å². The molecule has 0 aromatic heterocycles. The second kappa shape index (κ2) is 9.68. The lowest BCUT2D eigenvalue weighted by Crippen LogP contribution is -2.51. The lowest BCUT2D eigenvalue weighted by Gasteiger charge is -2.33. The minimum atomic E-state index is -2.75. The number of rotatable bonds is 10. The molecule has 0 radical (unpaired) electrons. The van der Waals surface area contributed by atoms with Gasteiger partial charge in [0.15, 0.2) is 0 Å². The molecule has 0 amide bonds. The highest BCUT2D eigenvalue weighted by molar-refractivity contribution is 6.62. The molecule has 126 valence electrons. The Balaban J connectivity index is 3.14. The molecule has 22 heavy (non-hydrogen) atoms. The molecule has 1 aromatic rings. The van der Waals surface area contributed by atoms with E-state index < -0.39 is 8.80 Å². The summed E-state index contributed by atoms with van der Waals surface area (Å²) in [5.74, 6) is 0. The predicted octanol–water partition coefficient (Wildman–Crippen LogP) is 5.07. The van der Waals surface area contributed by atoms with Gasteiger partial charge in [0.1, 0.15) is 0 Å². The molecule has 0 saturated heterocycles. The second-order valence-electron chi connectivity index (χ2n) is 5.17. The van der Waals surface area contributed by atoms with Gasteiger partial charge in [-0.1, -0.05) is 38.1 Å². The summed E-state index contributed by atoms with van der Waals surface area (Å²) in [6, 6.07) is 8.38. The fourth-order valence-electron chi connectivity index (χ4n) is 2.57. The Hall–Kier alpha value is -0.393. The maximum absolute atomic E-state index is 6.38. The Morgan fingerprint density at radius 1 is 0.955 bits per heavy atom. The third-order valence-electron chi connectivity index (χ3n) is 3.70. The maximum atomic E-state index is 6.38. The van der Waals surface area contributed by atoms with Crippen molar-refractivity contribution >= 4 is 20.4 Å². The van der Waals surface area contributed by atoms with Crippen LogP contribution in [0.5, 0.6) is 0 Å². The molecule has 1 aromatic carbocycles. The maximum Gasteiger partial charge on any atom is 0.508 e. The van der Waals surface area contributed by atoms with Crippen LogP contribution in [-0.4, -0.2) is 28.6 Å². The van der Waals surface area contributed by atoms with Crippen LogP contribution < -0.4 is 0 Å². The number of benzene rings is 1. The Bertz CT molecular complexity index is 425. The van der Waals surface area contributed by atoms with Crippen LogP contribution in [0.15, 0.2) is 24.3 Å². The molecule has 0 aliphatic heterocycles. The Morgan fingerprint density at radius 2 is 1.45 bits per heavy atom. The molecule has 0 fully saturated rings. The normalized spacial score (nSPS) is 14.8. The van der Waals surface area contributed by atoms with E-state index in [0.29, 0.717) is 19.8 Å². The first kappa shape index (κ1) is 19.7. The standard InChI is InChI=1S/C17H29ClO3Si/c1-6-17(18)16-12-10-11-15(13-16)14(5)22(19-7-2,20-8-3)21-9-4/h10-14,17H,6-9H2,1-5H3. The topological polar surface area (TPSA) is 27.7 Å². The first-order valence-corrected chi connectivity index (χ1v) is 10.4. The molecular formula is C17H29ClO3Si. The molecule has 0 spiro atoms. The van der Waals surface area contributed by atoms with Crippen LogP contribution in [0.1, 0.15) is 63.1 Å². The van der Waals surface area contributed by atoms with Crippen LogP contribution in [0.25, 0.3) is 0 Å². The second-order valence-corrected chi connectivity index (χ2v) is 8.64. The van der Waals surface area contributed by atoms with E-state index in [1.165, 1.54) is 5.56 Å². The lowest BCUT2D eigenvalue weighted by molar-refractivity contribution is 0.0633. The molecule has 0 aliphatic rings. The van der Waals surface area contributed by atoms with Crippen molar-refractivity contribution in [2.24, 2.45) is 0 Å². The average molecular weight is 345 g/mol. The molecular weight excluding hydrogens is 316 g/mol. The van der Waals surface area contributed by atoms with Gasteiger partial charge >= 0.3 is 8.80 Å². The summed E-state index contributed by atoms with van der Waals surface area (Å²) >= 11 is 6.38. The molecule has 0 saturated carbocycles. The fourth-order valence-corrected chi connectivity index (χ4v) is 5.50. The quantitative estimate of drug-likeness (QED) is 0.438. The summed E-state index contributed by atoms with van der Waals surface area (Å²) in [5, 5.41) is 0.0366. The van der Waals surface area contributed by atoms with Gasteiger partial charge in [-0.25, -0.2) is 0 Å². The summed E-state index contributed by atoms with van der Waals surface area (Å²) in [5.41, 5.74) is 2.38. The van der Waals surface area contributed by atoms with E-state index in [9.17, 15) is 0 Å². The van der Waals surface area contributed by atoms with Crippen molar-refractivity contribution in [3.05, 3.63) is 35.4 Å². The summed E-state index contributed by atoms with van der Waals surface area (Å²) < 4.78 is 18.0. The Labute approximate surface area is 141 Å². The van der Waals surface area contributed by atoms with Gasteiger partial charge in [-0.3, -0.25) is 0 Å². The van der Waals surface area contributed by atoms with Crippen molar-refractivity contribution < 1.29 is 13.3 Å². The van der Waals surface area contributed by atoms with Crippen molar-refractivity contribution in [3.8, 4) is 0 Å². The highest BCUT2D eigenvalue weighted by atomic mass is 35.5. The zero-order valence-electron chi connectivity index (χ0n) is 14.4. The summed E-state index contributed by atoms with van der Waals surface area (Å²) in [6.07, 6.45) is 0.907. The predicted molar refractivity (Wildman–Crippen MR) is 94.4 cm³/mol. The summed E-state index contributed by atoms with van der Waals surface area (Å²) in [4.78, 5) is 0. The Morgan fingerprint density at radius 3 is 1.91 bits per heavy atom. The van der Waals surface area contributed by atoms with Gasteiger partial charge in [0.25, 0.3) is 0 Å². The summed E-state index contributed by atoms with van der Waals surface area (Å²) in [6.45, 7) is 11.9. The SMILES string of the molecule is CCO[Si](OCC)(OCC)C(C)c1cccc(C(Cl)CC)c1. The van der Waals surface area contributed by atoms with Crippen LogP contribution in [0, 0.1) is 0 Å². The van der Waals surface area contributed by atoms with Gasteiger partial charge in [0.05, 0.1) is 10.9 Å². The van der Waals surface area contributed by atoms with Crippen molar-refractivity contribution in [2.75, 3.05) is 19.8 Å². The van der Waals surface area contributed by atoms with E-state index in [-0.39, 0.29) is 10.9 Å². The van der Waals surface area contributed by atoms with Gasteiger partial charge in [0, 0.05) is 19.8 Å². The van der Waals surface area contributed by atoms with E-state index in [2.05, 4.69) is 38.1 Å². The molecule has 2 unspecified atom stereocenters. The molecule has 1 rings (SSSR count). The highest BCUT2D eigenvalue weighted by Gasteiger charge is 2.47. The van der Waals surface area contributed by atoms with Crippen LogP contribution >= 0.6 is 11.6 Å². The minimum Gasteiger partial charge on any atom is -0.373 e. The number of hydrogen-bond donors (Lipinski definition) is 0. The summed E-state index contributed by atoms with van der Waals surface area (Å²) in [7, 11) is -2.75. The molecule has 2 atom stereocenters. The zero-order chi connectivity index (χ0) is 16.6. The largest absolute Gasteiger partial charge is 0.508 e. The van der Waals surface area contributed by atoms with Gasteiger partial charge in [-0.15, -0.1) is 11.6 Å².